The van der Waals surface area contributed by atoms with Gasteiger partial charge in [0.1, 0.15) is 0 Å². The molecule has 0 aromatic heterocycles. The lowest BCUT2D eigenvalue weighted by Crippen LogP contribution is -2.21. The predicted molar refractivity (Wildman–Crippen MR) is 70.9 cm³/mol. The second kappa shape index (κ2) is 3.81. The summed E-state index contributed by atoms with van der Waals surface area (Å²) in [5, 5.41) is 0. The zero-order valence-corrected chi connectivity index (χ0v) is 11.7. The van der Waals surface area contributed by atoms with E-state index >= 15 is 0 Å². The third kappa shape index (κ3) is 1.62. The van der Waals surface area contributed by atoms with E-state index in [4.69, 9.17) is 0 Å². The second-order valence-corrected chi connectivity index (χ2v) is 7.55. The number of nitrogens with zero attached hydrogens (tertiary/aromatic N) is 1. The Labute approximate surface area is 109 Å². The molecule has 3 rings (SSSR count). The van der Waals surface area contributed by atoms with Gasteiger partial charge in [0.25, 0.3) is 0 Å². The first-order valence-electron chi connectivity index (χ1n) is 6.57. The molecule has 1 aliphatic heterocycles. The van der Waals surface area contributed by atoms with Crippen LogP contribution in [0.4, 0.5) is 0 Å². The molecule has 18 heavy (non-hydrogen) atoms. The highest BCUT2D eigenvalue weighted by Crippen LogP contribution is 2.53. The molecule has 1 saturated carbocycles. The Balaban J connectivity index is 1.95. The van der Waals surface area contributed by atoms with E-state index < -0.39 is 10.0 Å². The van der Waals surface area contributed by atoms with E-state index in [9.17, 15) is 8.42 Å². The van der Waals surface area contributed by atoms with Crippen LogP contribution in [0, 0.1) is 6.92 Å². The number of hydrogen-bond donors (Lipinski definition) is 0. The van der Waals surface area contributed by atoms with Gasteiger partial charge in [-0.3, -0.25) is 0 Å². The van der Waals surface area contributed by atoms with E-state index in [1.807, 2.05) is 19.1 Å². The summed E-state index contributed by atoms with van der Waals surface area (Å²) in [6.45, 7) is 4.05. The fourth-order valence-corrected chi connectivity index (χ4v) is 5.35. The Morgan fingerprint density at radius 1 is 1.22 bits per heavy atom. The van der Waals surface area contributed by atoms with Gasteiger partial charge in [-0.1, -0.05) is 30.5 Å². The number of fused-ring (bicyclic) bond motifs is 1. The van der Waals surface area contributed by atoms with Crippen molar-refractivity contribution >= 4 is 10.0 Å². The summed E-state index contributed by atoms with van der Waals surface area (Å²) in [5.74, 6) is 0. The Morgan fingerprint density at radius 3 is 2.44 bits per heavy atom. The van der Waals surface area contributed by atoms with Crippen LogP contribution in [-0.4, -0.2) is 24.3 Å². The van der Waals surface area contributed by atoms with Gasteiger partial charge in [-0.05, 0) is 38.8 Å². The highest BCUT2D eigenvalue weighted by molar-refractivity contribution is 7.89. The Hall–Kier alpha value is -0.870. The summed E-state index contributed by atoms with van der Waals surface area (Å²) in [7, 11) is -3.29. The maximum Gasteiger partial charge on any atom is 0.243 e. The third-order valence-corrected chi connectivity index (χ3v) is 6.48. The molecule has 1 heterocycles. The second-order valence-electron chi connectivity index (χ2n) is 5.73. The monoisotopic (exact) mass is 265 g/mol. The standard InChI is InChI=1S/C14H19NO2S/c1-11-6-8-12(9-7-11)18(16,17)15-13-5-3-4-10-14(13,15)2/h6-9,13H,3-5,10H2,1-2H3/t13-,14-,15?/m1/s1. The lowest BCUT2D eigenvalue weighted by atomic mass is 9.91. The zero-order valence-electron chi connectivity index (χ0n) is 10.9. The predicted octanol–water partition coefficient (Wildman–Crippen LogP) is 2.70. The SMILES string of the molecule is Cc1ccc(S(=O)(=O)N2[C@@H]3CCCC[C@]32C)cc1. The summed E-state index contributed by atoms with van der Waals surface area (Å²) < 4.78 is 26.9. The van der Waals surface area contributed by atoms with Crippen molar-refractivity contribution in [1.82, 2.24) is 4.31 Å². The molecule has 4 heteroatoms. The highest BCUT2D eigenvalue weighted by atomic mass is 32.2. The molecule has 0 radical (unpaired) electrons. The Kier molecular flexibility index (Phi) is 2.58. The quantitative estimate of drug-likeness (QED) is 0.771. The molecule has 2 fully saturated rings. The molecular formula is C14H19NO2S. The molecule has 1 saturated heterocycles. The number of sulfonamides is 1. The molecule has 98 valence electrons. The molecule has 0 spiro atoms. The van der Waals surface area contributed by atoms with Gasteiger partial charge in [-0.25, -0.2) is 8.42 Å². The van der Waals surface area contributed by atoms with Gasteiger partial charge in [0.05, 0.1) is 10.4 Å². The first-order valence-corrected chi connectivity index (χ1v) is 8.01. The summed E-state index contributed by atoms with van der Waals surface area (Å²) in [6, 6.07) is 7.40. The van der Waals surface area contributed by atoms with Crippen LogP contribution in [0.15, 0.2) is 29.2 Å². The minimum Gasteiger partial charge on any atom is -0.207 e. The largest absolute Gasteiger partial charge is 0.243 e. The van der Waals surface area contributed by atoms with Crippen LogP contribution in [-0.2, 0) is 10.0 Å². The fourth-order valence-electron chi connectivity index (χ4n) is 3.26. The molecular weight excluding hydrogens is 246 g/mol. The molecule has 3 atom stereocenters. The van der Waals surface area contributed by atoms with Gasteiger partial charge < -0.3 is 0 Å². The minimum absolute atomic E-state index is 0.109. The summed E-state index contributed by atoms with van der Waals surface area (Å²) >= 11 is 0. The fraction of sp³-hybridized carbons (Fsp3) is 0.571. The van der Waals surface area contributed by atoms with Gasteiger partial charge in [0, 0.05) is 6.04 Å². The maximum absolute atomic E-state index is 12.6. The van der Waals surface area contributed by atoms with Crippen LogP contribution in [0.1, 0.15) is 38.2 Å². The van der Waals surface area contributed by atoms with E-state index in [1.165, 1.54) is 0 Å². The van der Waals surface area contributed by atoms with E-state index in [0.717, 1.165) is 31.2 Å². The van der Waals surface area contributed by atoms with Crippen molar-refractivity contribution in [2.45, 2.75) is 56.0 Å². The normalized spacial score (nSPS) is 35.0. The first kappa shape index (κ1) is 12.2. The average Bonchev–Trinajstić information content (AvgIpc) is 2.96. The van der Waals surface area contributed by atoms with Crippen molar-refractivity contribution in [1.29, 1.82) is 0 Å². The molecule has 0 amide bonds. The van der Waals surface area contributed by atoms with Gasteiger partial charge in [0.2, 0.25) is 10.0 Å². The number of hydrogen-bond acceptors (Lipinski definition) is 2. The van der Waals surface area contributed by atoms with Gasteiger partial charge in [-0.15, -0.1) is 0 Å². The minimum atomic E-state index is -3.29. The highest BCUT2D eigenvalue weighted by Gasteiger charge is 2.65. The van der Waals surface area contributed by atoms with Crippen molar-refractivity contribution in [3.05, 3.63) is 29.8 Å². The van der Waals surface area contributed by atoms with Crippen molar-refractivity contribution in [3.8, 4) is 0 Å². The maximum atomic E-state index is 12.6. The van der Waals surface area contributed by atoms with Gasteiger partial charge in [0.15, 0.2) is 0 Å². The molecule has 0 bridgehead atoms. The van der Waals surface area contributed by atoms with Crippen LogP contribution in [0.25, 0.3) is 0 Å². The van der Waals surface area contributed by atoms with Gasteiger partial charge >= 0.3 is 0 Å². The van der Waals surface area contributed by atoms with Gasteiger partial charge in [-0.2, -0.15) is 4.31 Å². The molecule has 1 aromatic carbocycles. The summed E-state index contributed by atoms with van der Waals surface area (Å²) in [5.41, 5.74) is 0.977. The van der Waals surface area contributed by atoms with Crippen molar-refractivity contribution in [2.75, 3.05) is 0 Å². The van der Waals surface area contributed by atoms with E-state index in [0.29, 0.717) is 4.90 Å². The third-order valence-electron chi connectivity index (χ3n) is 4.42. The molecule has 0 N–H and O–H groups in total. The van der Waals surface area contributed by atoms with Crippen LogP contribution in [0.5, 0.6) is 0 Å². The molecule has 1 unspecified atom stereocenters. The zero-order chi connectivity index (χ0) is 13.0. The Bertz CT molecular complexity index is 564. The Morgan fingerprint density at radius 2 is 1.89 bits per heavy atom. The average molecular weight is 265 g/mol. The van der Waals surface area contributed by atoms with Crippen molar-refractivity contribution in [2.24, 2.45) is 0 Å². The lowest BCUT2D eigenvalue weighted by Gasteiger charge is -2.14. The number of aryl methyl sites for hydroxylation is 1. The van der Waals surface area contributed by atoms with Crippen LogP contribution in [0.3, 0.4) is 0 Å². The van der Waals surface area contributed by atoms with Crippen LogP contribution in [0.2, 0.25) is 0 Å². The van der Waals surface area contributed by atoms with Crippen molar-refractivity contribution in [3.63, 3.8) is 0 Å². The van der Waals surface area contributed by atoms with E-state index in [2.05, 4.69) is 6.92 Å². The van der Waals surface area contributed by atoms with Crippen molar-refractivity contribution < 1.29 is 8.42 Å². The number of rotatable bonds is 2. The van der Waals surface area contributed by atoms with Crippen LogP contribution < -0.4 is 0 Å². The van der Waals surface area contributed by atoms with E-state index in [-0.39, 0.29) is 11.6 Å². The molecule has 3 nitrogen and oxygen atoms in total. The first-order chi connectivity index (χ1) is 8.46. The molecule has 2 aliphatic rings. The van der Waals surface area contributed by atoms with Crippen LogP contribution >= 0.6 is 0 Å². The summed E-state index contributed by atoms with van der Waals surface area (Å²) in [4.78, 5) is 0.434. The lowest BCUT2D eigenvalue weighted by molar-refractivity contribution is 0.461. The smallest absolute Gasteiger partial charge is 0.207 e. The molecule has 1 aromatic rings. The molecule has 1 aliphatic carbocycles. The summed E-state index contributed by atoms with van der Waals surface area (Å²) in [6.07, 6.45) is 4.32. The topological polar surface area (TPSA) is 37.1 Å². The van der Waals surface area contributed by atoms with E-state index in [1.54, 1.807) is 16.4 Å². The number of benzene rings is 1.